The number of rotatable bonds is 2. The Balaban J connectivity index is 2.22. The van der Waals surface area contributed by atoms with Gasteiger partial charge in [0.2, 0.25) is 0 Å². The molecule has 6 heteroatoms. The molecule has 0 bridgehead atoms. The number of nitrogens with two attached hydrogens (primary N) is 1. The third-order valence-corrected chi connectivity index (χ3v) is 3.11. The zero-order valence-electron chi connectivity index (χ0n) is 9.58. The van der Waals surface area contributed by atoms with Crippen molar-refractivity contribution in [3.05, 3.63) is 57.3 Å². The maximum Gasteiger partial charge on any atom is 0.255 e. The van der Waals surface area contributed by atoms with E-state index in [1.54, 1.807) is 18.2 Å². The third-order valence-electron chi connectivity index (χ3n) is 2.36. The molecule has 0 aromatic heterocycles. The fourth-order valence-corrected chi connectivity index (χ4v) is 2.21. The molecule has 3 N–H and O–H groups in total. The first-order valence-corrected chi connectivity index (χ1v) is 6.45. The monoisotopic (exact) mass is 342 g/mol. The van der Waals surface area contributed by atoms with Gasteiger partial charge < -0.3 is 11.1 Å². The Labute approximate surface area is 122 Å². The molecule has 0 aliphatic rings. The van der Waals surface area contributed by atoms with Gasteiger partial charge in [-0.05, 0) is 36.4 Å². The number of benzene rings is 2. The average Bonchev–Trinajstić information content (AvgIpc) is 2.32. The van der Waals surface area contributed by atoms with Crippen LogP contribution < -0.4 is 11.1 Å². The molecule has 0 saturated heterocycles. The van der Waals surface area contributed by atoms with E-state index in [1.807, 2.05) is 0 Å². The number of hydrogen-bond donors (Lipinski definition) is 2. The van der Waals surface area contributed by atoms with Crippen molar-refractivity contribution < 1.29 is 9.18 Å². The van der Waals surface area contributed by atoms with Gasteiger partial charge in [0.1, 0.15) is 5.82 Å². The van der Waals surface area contributed by atoms with Crippen molar-refractivity contribution in [3.8, 4) is 0 Å². The largest absolute Gasteiger partial charge is 0.399 e. The molecule has 3 nitrogen and oxygen atoms in total. The smallest absolute Gasteiger partial charge is 0.255 e. The van der Waals surface area contributed by atoms with Crippen LogP contribution in [-0.4, -0.2) is 5.91 Å². The molecule has 0 fully saturated rings. The fourth-order valence-electron chi connectivity index (χ4n) is 1.52. The van der Waals surface area contributed by atoms with Gasteiger partial charge in [-0.15, -0.1) is 0 Å². The number of amides is 1. The van der Waals surface area contributed by atoms with E-state index in [1.165, 1.54) is 18.2 Å². The van der Waals surface area contributed by atoms with Crippen LogP contribution in [-0.2, 0) is 0 Å². The van der Waals surface area contributed by atoms with Crippen LogP contribution in [0.25, 0.3) is 0 Å². The molecule has 0 aliphatic carbocycles. The molecular weight excluding hydrogens is 335 g/mol. The van der Waals surface area contributed by atoms with Crippen LogP contribution >= 0.6 is 27.5 Å². The molecule has 0 aliphatic heterocycles. The molecular formula is C13H9BrClFN2O. The predicted molar refractivity (Wildman–Crippen MR) is 77.9 cm³/mol. The Kier molecular flexibility index (Phi) is 4.07. The van der Waals surface area contributed by atoms with E-state index in [4.69, 9.17) is 17.3 Å². The number of anilines is 2. The summed E-state index contributed by atoms with van der Waals surface area (Å²) in [6, 6.07) is 8.83. The summed E-state index contributed by atoms with van der Waals surface area (Å²) in [7, 11) is 0. The minimum Gasteiger partial charge on any atom is -0.399 e. The maximum atomic E-state index is 13.0. The lowest BCUT2D eigenvalue weighted by atomic mass is 10.2. The number of hydrogen-bond acceptors (Lipinski definition) is 2. The van der Waals surface area contributed by atoms with Gasteiger partial charge in [0, 0.05) is 21.4 Å². The molecule has 0 heterocycles. The van der Waals surface area contributed by atoms with Crippen molar-refractivity contribution in [2.75, 3.05) is 11.1 Å². The number of carbonyl (C=O) groups is 1. The first kappa shape index (κ1) is 13.8. The van der Waals surface area contributed by atoms with Crippen molar-refractivity contribution >= 4 is 44.8 Å². The zero-order valence-corrected chi connectivity index (χ0v) is 11.9. The zero-order chi connectivity index (χ0) is 14.0. The lowest BCUT2D eigenvalue weighted by Gasteiger charge is -2.07. The number of halogens is 3. The number of nitrogens with one attached hydrogen (secondary N) is 1. The summed E-state index contributed by atoms with van der Waals surface area (Å²) in [5, 5.41) is 2.56. The van der Waals surface area contributed by atoms with E-state index >= 15 is 0 Å². The summed E-state index contributed by atoms with van der Waals surface area (Å²) >= 11 is 8.90. The van der Waals surface area contributed by atoms with Gasteiger partial charge in [0.25, 0.3) is 5.91 Å². The second kappa shape index (κ2) is 5.59. The Morgan fingerprint density at radius 2 is 2.00 bits per heavy atom. The van der Waals surface area contributed by atoms with Crippen LogP contribution in [0.5, 0.6) is 0 Å². The van der Waals surface area contributed by atoms with Crippen LogP contribution in [0.4, 0.5) is 15.8 Å². The normalized spacial score (nSPS) is 10.3. The Hall–Kier alpha value is -1.59. The van der Waals surface area contributed by atoms with E-state index in [0.717, 1.165) is 0 Å². The summed E-state index contributed by atoms with van der Waals surface area (Å²) < 4.78 is 13.7. The van der Waals surface area contributed by atoms with Crippen molar-refractivity contribution in [1.82, 2.24) is 0 Å². The lowest BCUT2D eigenvalue weighted by Crippen LogP contribution is -2.12. The highest BCUT2D eigenvalue weighted by molar-refractivity contribution is 9.10. The van der Waals surface area contributed by atoms with Crippen LogP contribution in [0.15, 0.2) is 40.9 Å². The predicted octanol–water partition coefficient (Wildman–Crippen LogP) is 4.08. The van der Waals surface area contributed by atoms with E-state index in [0.29, 0.717) is 21.4 Å². The first-order chi connectivity index (χ1) is 8.95. The van der Waals surface area contributed by atoms with Crippen LogP contribution in [0.1, 0.15) is 10.4 Å². The highest BCUT2D eigenvalue weighted by atomic mass is 79.9. The van der Waals surface area contributed by atoms with Gasteiger partial charge in [-0.3, -0.25) is 4.79 Å². The lowest BCUT2D eigenvalue weighted by molar-refractivity contribution is 0.102. The quantitative estimate of drug-likeness (QED) is 0.807. The van der Waals surface area contributed by atoms with E-state index in [2.05, 4.69) is 21.2 Å². The van der Waals surface area contributed by atoms with Gasteiger partial charge in [-0.1, -0.05) is 27.5 Å². The minimum atomic E-state index is -0.536. The highest BCUT2D eigenvalue weighted by Crippen LogP contribution is 2.21. The minimum absolute atomic E-state index is 0.0495. The molecule has 0 atom stereocenters. The Morgan fingerprint density at radius 1 is 1.26 bits per heavy atom. The van der Waals surface area contributed by atoms with Crippen molar-refractivity contribution in [3.63, 3.8) is 0 Å². The van der Waals surface area contributed by atoms with Gasteiger partial charge in [-0.25, -0.2) is 4.39 Å². The number of nitrogen functional groups attached to an aromatic ring is 1. The number of carbonyl (C=O) groups excluding carboxylic acids is 1. The molecule has 2 rings (SSSR count). The van der Waals surface area contributed by atoms with Crippen LogP contribution in [0.2, 0.25) is 5.02 Å². The molecule has 0 spiro atoms. The summed E-state index contributed by atoms with van der Waals surface area (Å²) in [4.78, 5) is 12.0. The summed E-state index contributed by atoms with van der Waals surface area (Å²) in [6.07, 6.45) is 0. The van der Waals surface area contributed by atoms with Crippen molar-refractivity contribution in [1.29, 1.82) is 0 Å². The second-order valence-electron chi connectivity index (χ2n) is 3.86. The average molecular weight is 344 g/mol. The molecule has 98 valence electrons. The maximum absolute atomic E-state index is 13.0. The van der Waals surface area contributed by atoms with E-state index < -0.39 is 5.82 Å². The van der Waals surface area contributed by atoms with E-state index in [9.17, 15) is 9.18 Å². The summed E-state index contributed by atoms with van der Waals surface area (Å²) in [5.41, 5.74) is 6.93. The SMILES string of the molecule is Nc1cc(Br)cc(C(=O)Nc2ccc(F)c(Cl)c2)c1. The highest BCUT2D eigenvalue weighted by Gasteiger charge is 2.09. The Bertz CT molecular complexity index is 628. The first-order valence-electron chi connectivity index (χ1n) is 5.28. The molecule has 19 heavy (non-hydrogen) atoms. The van der Waals surface area contributed by atoms with Crippen LogP contribution in [0, 0.1) is 5.82 Å². The van der Waals surface area contributed by atoms with Gasteiger partial charge in [0.05, 0.1) is 5.02 Å². The van der Waals surface area contributed by atoms with Crippen molar-refractivity contribution in [2.45, 2.75) is 0 Å². The second-order valence-corrected chi connectivity index (χ2v) is 5.18. The van der Waals surface area contributed by atoms with Gasteiger partial charge >= 0.3 is 0 Å². The topological polar surface area (TPSA) is 55.1 Å². The summed E-state index contributed by atoms with van der Waals surface area (Å²) in [5.74, 6) is -0.887. The summed E-state index contributed by atoms with van der Waals surface area (Å²) in [6.45, 7) is 0. The molecule has 2 aromatic rings. The molecule has 2 aromatic carbocycles. The van der Waals surface area contributed by atoms with Crippen LogP contribution in [0.3, 0.4) is 0 Å². The third kappa shape index (κ3) is 3.45. The van der Waals surface area contributed by atoms with Gasteiger partial charge in [0.15, 0.2) is 0 Å². The molecule has 0 saturated carbocycles. The van der Waals surface area contributed by atoms with Crippen molar-refractivity contribution in [2.24, 2.45) is 0 Å². The van der Waals surface area contributed by atoms with Gasteiger partial charge in [-0.2, -0.15) is 0 Å². The molecule has 1 amide bonds. The molecule has 0 unspecified atom stereocenters. The fraction of sp³-hybridized carbons (Fsp3) is 0. The standard InChI is InChI=1S/C13H9BrClFN2O/c14-8-3-7(4-9(17)5-8)13(19)18-10-1-2-12(16)11(15)6-10/h1-6H,17H2,(H,18,19). The Morgan fingerprint density at radius 3 is 2.63 bits per heavy atom. The van der Waals surface area contributed by atoms with E-state index in [-0.39, 0.29) is 10.9 Å². The molecule has 0 radical (unpaired) electrons.